The highest BCUT2D eigenvalue weighted by Crippen LogP contribution is 2.35. The topological polar surface area (TPSA) is 77.4 Å². The van der Waals surface area contributed by atoms with Crippen molar-refractivity contribution in [3.05, 3.63) is 29.5 Å². The highest BCUT2D eigenvalue weighted by atomic mass is 35.5. The third-order valence-corrected chi connectivity index (χ3v) is 3.20. The predicted octanol–water partition coefficient (Wildman–Crippen LogP) is 2.14. The first-order chi connectivity index (χ1) is 10.5. The molecule has 1 aromatic heterocycles. The van der Waals surface area contributed by atoms with Gasteiger partial charge in [0.1, 0.15) is 11.5 Å². The molecule has 0 saturated carbocycles. The number of anilines is 2. The molecule has 0 aliphatic heterocycles. The number of ether oxygens (including phenoxy) is 2. The fourth-order valence-corrected chi connectivity index (χ4v) is 2.08. The molecule has 0 aliphatic rings. The minimum atomic E-state index is -0.230. The molecular formula is C14H17ClN4O3. The number of methoxy groups -OCH3 is 2. The molecule has 0 unspecified atom stereocenters. The van der Waals surface area contributed by atoms with Gasteiger partial charge in [0.25, 0.3) is 0 Å². The number of carbonyl (C=O) groups excluding carboxylic acids is 1. The van der Waals surface area contributed by atoms with Crippen LogP contribution in [0.25, 0.3) is 0 Å². The summed E-state index contributed by atoms with van der Waals surface area (Å²) >= 11 is 6.02. The van der Waals surface area contributed by atoms with Gasteiger partial charge in [-0.05, 0) is 0 Å². The number of halogens is 1. The Bertz CT molecular complexity index is 672. The largest absolute Gasteiger partial charge is 0.495 e. The number of aromatic nitrogens is 2. The van der Waals surface area contributed by atoms with Gasteiger partial charge in [-0.25, -0.2) is 0 Å². The second-order valence-electron chi connectivity index (χ2n) is 4.49. The summed E-state index contributed by atoms with van der Waals surface area (Å²) < 4.78 is 12.0. The van der Waals surface area contributed by atoms with E-state index in [1.807, 2.05) is 0 Å². The molecule has 0 atom stereocenters. The fourth-order valence-electron chi connectivity index (χ4n) is 1.85. The van der Waals surface area contributed by atoms with E-state index in [2.05, 4.69) is 15.7 Å². The Balaban J connectivity index is 2.04. The van der Waals surface area contributed by atoms with Crippen LogP contribution in [-0.2, 0) is 11.8 Å². The molecule has 7 nitrogen and oxygen atoms in total. The highest BCUT2D eigenvalue weighted by molar-refractivity contribution is 6.32. The first-order valence-corrected chi connectivity index (χ1v) is 6.85. The van der Waals surface area contributed by atoms with Crippen LogP contribution in [0.1, 0.15) is 0 Å². The van der Waals surface area contributed by atoms with E-state index >= 15 is 0 Å². The van der Waals surface area contributed by atoms with E-state index in [-0.39, 0.29) is 12.5 Å². The molecule has 0 saturated heterocycles. The van der Waals surface area contributed by atoms with Crippen LogP contribution in [0.4, 0.5) is 11.4 Å². The average Bonchev–Trinajstić information content (AvgIpc) is 2.92. The highest BCUT2D eigenvalue weighted by Gasteiger charge is 2.12. The van der Waals surface area contributed by atoms with Crippen molar-refractivity contribution in [2.24, 2.45) is 7.05 Å². The molecule has 22 heavy (non-hydrogen) atoms. The van der Waals surface area contributed by atoms with E-state index in [1.54, 1.807) is 36.3 Å². The molecular weight excluding hydrogens is 308 g/mol. The Labute approximate surface area is 133 Å². The van der Waals surface area contributed by atoms with Crippen molar-refractivity contribution in [3.8, 4) is 11.5 Å². The van der Waals surface area contributed by atoms with Crippen LogP contribution in [-0.4, -0.2) is 36.5 Å². The van der Waals surface area contributed by atoms with Crippen LogP contribution in [0.3, 0.4) is 0 Å². The van der Waals surface area contributed by atoms with Gasteiger partial charge in [0.05, 0.1) is 43.4 Å². The Kier molecular flexibility index (Phi) is 5.11. The van der Waals surface area contributed by atoms with Gasteiger partial charge >= 0.3 is 0 Å². The number of nitrogens with zero attached hydrogens (tertiary/aromatic N) is 2. The molecule has 1 heterocycles. The molecule has 0 radical (unpaired) electrons. The number of amides is 1. The van der Waals surface area contributed by atoms with Crippen molar-refractivity contribution in [2.45, 2.75) is 0 Å². The van der Waals surface area contributed by atoms with Crippen LogP contribution < -0.4 is 20.1 Å². The summed E-state index contributed by atoms with van der Waals surface area (Å²) in [5.74, 6) is 0.685. The monoisotopic (exact) mass is 324 g/mol. The molecule has 1 amide bonds. The normalized spacial score (nSPS) is 10.2. The summed E-state index contributed by atoms with van der Waals surface area (Å²) in [6.07, 6.45) is 3.42. The molecule has 0 aliphatic carbocycles. The number of benzene rings is 1. The Morgan fingerprint density at radius 3 is 2.64 bits per heavy atom. The minimum absolute atomic E-state index is 0.0970. The van der Waals surface area contributed by atoms with Crippen molar-refractivity contribution < 1.29 is 14.3 Å². The van der Waals surface area contributed by atoms with Crippen LogP contribution in [0.15, 0.2) is 24.5 Å². The van der Waals surface area contributed by atoms with E-state index in [0.717, 1.165) is 5.69 Å². The lowest BCUT2D eigenvalue weighted by Gasteiger charge is -2.13. The number of hydrogen-bond donors (Lipinski definition) is 2. The molecule has 1 aromatic carbocycles. The van der Waals surface area contributed by atoms with E-state index in [1.165, 1.54) is 14.2 Å². The summed E-state index contributed by atoms with van der Waals surface area (Å²) in [4.78, 5) is 12.0. The number of nitrogens with one attached hydrogen (secondary N) is 2. The van der Waals surface area contributed by atoms with Gasteiger partial charge in [-0.3, -0.25) is 9.48 Å². The van der Waals surface area contributed by atoms with Crippen molar-refractivity contribution in [1.29, 1.82) is 0 Å². The Hall–Kier alpha value is -2.41. The van der Waals surface area contributed by atoms with E-state index in [4.69, 9.17) is 21.1 Å². The van der Waals surface area contributed by atoms with Crippen molar-refractivity contribution in [3.63, 3.8) is 0 Å². The average molecular weight is 325 g/mol. The van der Waals surface area contributed by atoms with Crippen LogP contribution in [0.5, 0.6) is 11.5 Å². The van der Waals surface area contributed by atoms with E-state index < -0.39 is 0 Å². The Morgan fingerprint density at radius 2 is 2.05 bits per heavy atom. The predicted molar refractivity (Wildman–Crippen MR) is 84.9 cm³/mol. The van der Waals surface area contributed by atoms with Gasteiger partial charge in [-0.15, -0.1) is 0 Å². The maximum absolute atomic E-state index is 12.0. The maximum atomic E-state index is 12.0. The zero-order valence-corrected chi connectivity index (χ0v) is 13.3. The van der Waals surface area contributed by atoms with Gasteiger partial charge in [-0.1, -0.05) is 11.6 Å². The van der Waals surface area contributed by atoms with Gasteiger partial charge in [-0.2, -0.15) is 5.10 Å². The first kappa shape index (κ1) is 16.0. The van der Waals surface area contributed by atoms with Gasteiger partial charge in [0.15, 0.2) is 0 Å². The first-order valence-electron chi connectivity index (χ1n) is 6.47. The molecule has 2 rings (SSSR count). The molecule has 2 aromatic rings. The molecule has 2 N–H and O–H groups in total. The summed E-state index contributed by atoms with van der Waals surface area (Å²) in [5.41, 5.74) is 1.25. The molecule has 0 fully saturated rings. The van der Waals surface area contributed by atoms with Gasteiger partial charge in [0, 0.05) is 25.4 Å². The van der Waals surface area contributed by atoms with Crippen LogP contribution >= 0.6 is 11.6 Å². The molecule has 8 heteroatoms. The van der Waals surface area contributed by atoms with Crippen LogP contribution in [0.2, 0.25) is 5.02 Å². The summed E-state index contributed by atoms with van der Waals surface area (Å²) in [6, 6.07) is 3.20. The smallest absolute Gasteiger partial charge is 0.243 e. The van der Waals surface area contributed by atoms with E-state index in [0.29, 0.717) is 22.2 Å². The second kappa shape index (κ2) is 7.04. The molecule has 118 valence electrons. The standard InChI is InChI=1S/C14H17ClN4O3/c1-19-8-9(6-17-19)16-7-14(20)18-11-5-12(21-2)10(15)4-13(11)22-3/h4-6,8,16H,7H2,1-3H3,(H,18,20). The Morgan fingerprint density at radius 1 is 1.32 bits per heavy atom. The number of rotatable bonds is 6. The van der Waals surface area contributed by atoms with Crippen molar-refractivity contribution in [1.82, 2.24) is 9.78 Å². The lowest BCUT2D eigenvalue weighted by molar-refractivity contribution is -0.114. The maximum Gasteiger partial charge on any atom is 0.243 e. The fraction of sp³-hybridized carbons (Fsp3) is 0.286. The lowest BCUT2D eigenvalue weighted by Crippen LogP contribution is -2.22. The SMILES string of the molecule is COc1cc(NC(=O)CNc2cnn(C)c2)c(OC)cc1Cl. The van der Waals surface area contributed by atoms with E-state index in [9.17, 15) is 4.79 Å². The zero-order chi connectivity index (χ0) is 16.1. The number of carbonyl (C=O) groups is 1. The molecule has 0 spiro atoms. The summed E-state index contributed by atoms with van der Waals surface area (Å²) in [7, 11) is 4.81. The van der Waals surface area contributed by atoms with Crippen LogP contribution in [0, 0.1) is 0 Å². The lowest BCUT2D eigenvalue weighted by atomic mass is 10.2. The van der Waals surface area contributed by atoms with Crippen molar-refractivity contribution >= 4 is 28.9 Å². The summed E-state index contributed by atoms with van der Waals surface area (Å²) in [6.45, 7) is 0.0970. The second-order valence-corrected chi connectivity index (χ2v) is 4.90. The third-order valence-electron chi connectivity index (χ3n) is 2.91. The quantitative estimate of drug-likeness (QED) is 0.851. The van der Waals surface area contributed by atoms with Crippen molar-refractivity contribution in [2.75, 3.05) is 31.4 Å². The van der Waals surface area contributed by atoms with Gasteiger partial charge < -0.3 is 20.1 Å². The number of hydrogen-bond acceptors (Lipinski definition) is 5. The molecule has 0 bridgehead atoms. The zero-order valence-electron chi connectivity index (χ0n) is 12.5. The number of aryl methyl sites for hydroxylation is 1. The van der Waals surface area contributed by atoms with Gasteiger partial charge in [0.2, 0.25) is 5.91 Å². The minimum Gasteiger partial charge on any atom is -0.495 e. The summed E-state index contributed by atoms with van der Waals surface area (Å²) in [5, 5.41) is 10.1. The third kappa shape index (κ3) is 3.82.